The Labute approximate surface area is 113 Å². The van der Waals surface area contributed by atoms with Gasteiger partial charge in [-0.15, -0.1) is 0 Å². The molecule has 0 spiro atoms. The van der Waals surface area contributed by atoms with Crippen LogP contribution in [0.5, 0.6) is 0 Å². The van der Waals surface area contributed by atoms with Crippen molar-refractivity contribution in [3.63, 3.8) is 0 Å². The monoisotopic (exact) mass is 269 g/mol. The quantitative estimate of drug-likeness (QED) is 0.891. The molecule has 0 saturated heterocycles. The maximum absolute atomic E-state index is 13.4. The lowest BCUT2D eigenvalue weighted by Gasteiger charge is -2.22. The van der Waals surface area contributed by atoms with Gasteiger partial charge >= 0.3 is 0 Å². The molecule has 1 rings (SSSR count). The zero-order chi connectivity index (χ0) is 14.6. The molecule has 1 unspecified atom stereocenters. The predicted molar refractivity (Wildman–Crippen MR) is 71.7 cm³/mol. The first kappa shape index (κ1) is 15.8. The molecule has 0 saturated carbocycles. The van der Waals surface area contributed by atoms with E-state index in [1.165, 1.54) is 6.07 Å². The van der Waals surface area contributed by atoms with Crippen LogP contribution >= 0.6 is 0 Å². The molecule has 0 radical (unpaired) electrons. The molecule has 0 aliphatic rings. The Bertz CT molecular complexity index is 452. The number of Topliss-reactive ketones (excluding diaryl/α,β-unsaturated/α-hetero) is 1. The van der Waals surface area contributed by atoms with Crippen molar-refractivity contribution in [2.75, 3.05) is 0 Å². The summed E-state index contributed by atoms with van der Waals surface area (Å²) in [5.41, 5.74) is 6.18. The summed E-state index contributed by atoms with van der Waals surface area (Å²) in [6.07, 6.45) is 0.905. The largest absolute Gasteiger partial charge is 0.327 e. The predicted octanol–water partition coefficient (Wildman–Crippen LogP) is 3.23. The highest BCUT2D eigenvalue weighted by Gasteiger charge is 2.19. The molecule has 1 atom stereocenters. The number of benzene rings is 1. The Morgan fingerprint density at radius 1 is 1.32 bits per heavy atom. The Morgan fingerprint density at radius 2 is 1.95 bits per heavy atom. The molecule has 19 heavy (non-hydrogen) atoms. The molecule has 1 aromatic rings. The standard InChI is InChI=1S/C15H21F2NO/c1-15(2,3)9-12(18)8-13(19)6-10-4-5-11(16)7-14(10)17/h4-5,7,12H,6,8-9,18H2,1-3H3. The lowest BCUT2D eigenvalue weighted by molar-refractivity contribution is -0.118. The summed E-state index contributed by atoms with van der Waals surface area (Å²) in [4.78, 5) is 11.8. The number of carbonyl (C=O) groups excluding carboxylic acids is 1. The number of nitrogens with two attached hydrogens (primary N) is 1. The van der Waals surface area contributed by atoms with Crippen LogP contribution in [-0.2, 0) is 11.2 Å². The van der Waals surface area contributed by atoms with Crippen molar-refractivity contribution < 1.29 is 13.6 Å². The van der Waals surface area contributed by atoms with Crippen LogP contribution in [0.1, 0.15) is 39.2 Å². The summed E-state index contributed by atoms with van der Waals surface area (Å²) < 4.78 is 26.1. The van der Waals surface area contributed by atoms with Gasteiger partial charge in [-0.2, -0.15) is 0 Å². The highest BCUT2D eigenvalue weighted by atomic mass is 19.1. The maximum atomic E-state index is 13.4. The number of ketones is 1. The molecule has 0 bridgehead atoms. The molecule has 106 valence electrons. The number of halogens is 2. The van der Waals surface area contributed by atoms with Gasteiger partial charge in [0.25, 0.3) is 0 Å². The molecule has 4 heteroatoms. The maximum Gasteiger partial charge on any atom is 0.138 e. The Morgan fingerprint density at radius 3 is 2.47 bits per heavy atom. The van der Waals surface area contributed by atoms with E-state index in [0.29, 0.717) is 0 Å². The third kappa shape index (κ3) is 5.92. The summed E-state index contributed by atoms with van der Waals surface area (Å²) in [7, 11) is 0. The summed E-state index contributed by atoms with van der Waals surface area (Å²) in [5.74, 6) is -1.45. The second-order valence-corrected chi connectivity index (χ2v) is 6.18. The number of hydrogen-bond donors (Lipinski definition) is 1. The number of rotatable bonds is 5. The molecule has 0 aliphatic carbocycles. The summed E-state index contributed by atoms with van der Waals surface area (Å²) in [6, 6.07) is 3.02. The van der Waals surface area contributed by atoms with E-state index in [0.717, 1.165) is 18.6 Å². The van der Waals surface area contributed by atoms with Crippen molar-refractivity contribution in [1.82, 2.24) is 0 Å². The van der Waals surface area contributed by atoms with Crippen molar-refractivity contribution >= 4 is 5.78 Å². The SMILES string of the molecule is CC(C)(C)CC(N)CC(=O)Cc1ccc(F)cc1F. The molecule has 0 amide bonds. The van der Waals surface area contributed by atoms with Gasteiger partial charge in [-0.3, -0.25) is 4.79 Å². The minimum atomic E-state index is -0.683. The second kappa shape index (κ2) is 6.24. The van der Waals surface area contributed by atoms with Gasteiger partial charge in [0.05, 0.1) is 0 Å². The smallest absolute Gasteiger partial charge is 0.138 e. The molecule has 2 N–H and O–H groups in total. The molecule has 2 nitrogen and oxygen atoms in total. The molecule has 0 heterocycles. The lowest BCUT2D eigenvalue weighted by atomic mass is 9.86. The normalized spacial score (nSPS) is 13.4. The fourth-order valence-electron chi connectivity index (χ4n) is 2.10. The van der Waals surface area contributed by atoms with Crippen LogP contribution in [0.3, 0.4) is 0 Å². The highest BCUT2D eigenvalue weighted by Crippen LogP contribution is 2.21. The van der Waals surface area contributed by atoms with Crippen LogP contribution in [0, 0.1) is 17.0 Å². The van der Waals surface area contributed by atoms with Crippen LogP contribution in [0.4, 0.5) is 8.78 Å². The highest BCUT2D eigenvalue weighted by molar-refractivity contribution is 5.81. The van der Waals surface area contributed by atoms with Crippen molar-refractivity contribution in [2.24, 2.45) is 11.1 Å². The van der Waals surface area contributed by atoms with E-state index in [9.17, 15) is 13.6 Å². The molecule has 0 aromatic heterocycles. The minimum absolute atomic E-state index is 0.0377. The van der Waals surface area contributed by atoms with E-state index in [4.69, 9.17) is 5.73 Å². The molecule has 0 fully saturated rings. The van der Waals surface area contributed by atoms with E-state index in [1.54, 1.807) is 0 Å². The Hall–Kier alpha value is -1.29. The first-order chi connectivity index (χ1) is 8.67. The summed E-state index contributed by atoms with van der Waals surface area (Å²) in [6.45, 7) is 6.16. The van der Waals surface area contributed by atoms with Crippen molar-refractivity contribution in [1.29, 1.82) is 0 Å². The molecule has 1 aromatic carbocycles. The van der Waals surface area contributed by atoms with Gasteiger partial charge < -0.3 is 5.73 Å². The van der Waals surface area contributed by atoms with E-state index < -0.39 is 11.6 Å². The van der Waals surface area contributed by atoms with E-state index in [2.05, 4.69) is 20.8 Å². The first-order valence-corrected chi connectivity index (χ1v) is 6.38. The topological polar surface area (TPSA) is 43.1 Å². The summed E-state index contributed by atoms with van der Waals surface area (Å²) in [5, 5.41) is 0. The third-order valence-corrected chi connectivity index (χ3v) is 2.77. The average Bonchev–Trinajstić information content (AvgIpc) is 2.19. The fraction of sp³-hybridized carbons (Fsp3) is 0.533. The Kier molecular flexibility index (Phi) is 5.18. The van der Waals surface area contributed by atoms with Gasteiger partial charge in [0, 0.05) is 24.9 Å². The fourth-order valence-corrected chi connectivity index (χ4v) is 2.10. The van der Waals surface area contributed by atoms with Gasteiger partial charge in [0.15, 0.2) is 0 Å². The van der Waals surface area contributed by atoms with Gasteiger partial charge in [0.1, 0.15) is 17.4 Å². The molecular weight excluding hydrogens is 248 g/mol. The van der Waals surface area contributed by atoms with Gasteiger partial charge in [-0.05, 0) is 23.5 Å². The van der Waals surface area contributed by atoms with Crippen molar-refractivity contribution in [2.45, 2.75) is 46.1 Å². The number of carbonyl (C=O) groups is 1. The third-order valence-electron chi connectivity index (χ3n) is 2.77. The zero-order valence-electron chi connectivity index (χ0n) is 11.7. The average molecular weight is 269 g/mol. The van der Waals surface area contributed by atoms with Crippen LogP contribution < -0.4 is 5.73 Å². The van der Waals surface area contributed by atoms with Crippen LogP contribution in [0.25, 0.3) is 0 Å². The minimum Gasteiger partial charge on any atom is -0.327 e. The van der Waals surface area contributed by atoms with Crippen LogP contribution in [0.15, 0.2) is 18.2 Å². The zero-order valence-corrected chi connectivity index (χ0v) is 11.7. The van der Waals surface area contributed by atoms with E-state index >= 15 is 0 Å². The van der Waals surface area contributed by atoms with Gasteiger partial charge in [-0.1, -0.05) is 26.8 Å². The first-order valence-electron chi connectivity index (χ1n) is 6.38. The molecular formula is C15H21F2NO. The van der Waals surface area contributed by atoms with Crippen molar-refractivity contribution in [3.8, 4) is 0 Å². The van der Waals surface area contributed by atoms with Crippen LogP contribution in [0.2, 0.25) is 0 Å². The van der Waals surface area contributed by atoms with E-state index in [-0.39, 0.29) is 35.6 Å². The molecule has 0 aliphatic heterocycles. The second-order valence-electron chi connectivity index (χ2n) is 6.18. The van der Waals surface area contributed by atoms with Gasteiger partial charge in [-0.25, -0.2) is 8.78 Å². The Balaban J connectivity index is 2.56. The van der Waals surface area contributed by atoms with Crippen molar-refractivity contribution in [3.05, 3.63) is 35.4 Å². The van der Waals surface area contributed by atoms with Crippen LogP contribution in [-0.4, -0.2) is 11.8 Å². The van der Waals surface area contributed by atoms with Gasteiger partial charge in [0.2, 0.25) is 0 Å². The summed E-state index contributed by atoms with van der Waals surface area (Å²) >= 11 is 0. The van der Waals surface area contributed by atoms with E-state index in [1.807, 2.05) is 0 Å². The number of hydrogen-bond acceptors (Lipinski definition) is 2. The lowest BCUT2D eigenvalue weighted by Crippen LogP contribution is -2.29.